The second-order valence-electron chi connectivity index (χ2n) is 7.27. The van der Waals surface area contributed by atoms with Crippen molar-refractivity contribution in [1.29, 1.82) is 0 Å². The molecule has 0 fully saturated rings. The van der Waals surface area contributed by atoms with Crippen molar-refractivity contribution in [2.75, 3.05) is 25.3 Å². The highest BCUT2D eigenvalue weighted by molar-refractivity contribution is 5.86. The summed E-state index contributed by atoms with van der Waals surface area (Å²) in [6, 6.07) is 8.75. The number of methoxy groups -OCH3 is 2. The zero-order valence-corrected chi connectivity index (χ0v) is 18.0. The van der Waals surface area contributed by atoms with Crippen LogP contribution in [0.25, 0.3) is 22.0 Å². The van der Waals surface area contributed by atoms with Gasteiger partial charge in [0, 0.05) is 17.1 Å². The van der Waals surface area contributed by atoms with Crippen molar-refractivity contribution in [3.05, 3.63) is 59.9 Å². The predicted octanol–water partition coefficient (Wildman–Crippen LogP) is 5.36. The number of alkyl halides is 3. The summed E-state index contributed by atoms with van der Waals surface area (Å²) in [4.78, 5) is 12.6. The van der Waals surface area contributed by atoms with E-state index in [2.05, 4.69) is 20.3 Å². The fraction of sp³-hybridized carbons (Fsp3) is 0.174. The van der Waals surface area contributed by atoms with Crippen LogP contribution in [-0.2, 0) is 6.18 Å². The molecule has 4 rings (SSSR count). The maximum Gasteiger partial charge on any atom is 0.416 e. The maximum absolute atomic E-state index is 13.0. The molecule has 0 radical (unpaired) electrons. The highest BCUT2D eigenvalue weighted by atomic mass is 19.4. The number of fused-ring (bicyclic) bond motifs is 1. The third-order valence-electron chi connectivity index (χ3n) is 5.10. The zero-order chi connectivity index (χ0) is 23.8. The molecule has 0 spiro atoms. The third-order valence-corrected chi connectivity index (χ3v) is 5.10. The molecule has 4 aromatic rings. The Balaban J connectivity index is 1.75. The Kier molecular flexibility index (Phi) is 5.67. The van der Waals surface area contributed by atoms with E-state index in [9.17, 15) is 13.2 Å². The minimum Gasteiger partial charge on any atom is -0.493 e. The second kappa shape index (κ2) is 8.45. The molecule has 0 aliphatic carbocycles. The Labute approximate surface area is 187 Å². The Hall–Kier alpha value is -4.08. The number of aryl methyl sites for hydroxylation is 1. The lowest BCUT2D eigenvalue weighted by molar-refractivity contribution is -0.137. The number of pyridine rings is 1. The van der Waals surface area contributed by atoms with Gasteiger partial charge >= 0.3 is 6.18 Å². The van der Waals surface area contributed by atoms with Crippen LogP contribution in [0, 0.1) is 6.92 Å². The van der Waals surface area contributed by atoms with E-state index in [0.717, 1.165) is 23.3 Å². The van der Waals surface area contributed by atoms with Crippen LogP contribution in [0.15, 0.2) is 48.8 Å². The van der Waals surface area contributed by atoms with Crippen molar-refractivity contribution in [2.45, 2.75) is 13.1 Å². The molecule has 7 nitrogen and oxygen atoms in total. The lowest BCUT2D eigenvalue weighted by Gasteiger charge is -2.16. The molecule has 2 aromatic heterocycles. The maximum atomic E-state index is 13.0. The first-order valence-corrected chi connectivity index (χ1v) is 9.79. The molecule has 0 aliphatic heterocycles. The number of anilines is 3. The molecule has 0 bridgehead atoms. The number of nitrogen functional groups attached to an aromatic ring is 1. The van der Waals surface area contributed by atoms with E-state index in [1.54, 1.807) is 26.5 Å². The quantitative estimate of drug-likeness (QED) is 0.418. The van der Waals surface area contributed by atoms with Crippen LogP contribution in [0.3, 0.4) is 0 Å². The van der Waals surface area contributed by atoms with Gasteiger partial charge in [-0.3, -0.25) is 4.98 Å². The van der Waals surface area contributed by atoms with Crippen molar-refractivity contribution in [1.82, 2.24) is 15.0 Å². The molecule has 2 heterocycles. The van der Waals surface area contributed by atoms with E-state index in [4.69, 9.17) is 15.2 Å². The number of aromatic nitrogens is 3. The van der Waals surface area contributed by atoms with E-state index in [1.807, 2.05) is 19.1 Å². The van der Waals surface area contributed by atoms with Gasteiger partial charge in [-0.15, -0.1) is 0 Å². The molecule has 0 unspecified atom stereocenters. The Morgan fingerprint density at radius 3 is 2.33 bits per heavy atom. The standard InChI is InChI=1S/C23H20F3N5O2/c1-12-6-19(32-2)20(33-3)9-16(12)17-11-29-22(27)31-21(17)30-15-7-13-4-5-14(23(24,25)26)8-18(13)28-10-15/h4-11H,1-3H3,(H3,27,29,30,31). The van der Waals surface area contributed by atoms with Gasteiger partial charge in [0.05, 0.1) is 37.2 Å². The van der Waals surface area contributed by atoms with Crippen LogP contribution < -0.4 is 20.5 Å². The van der Waals surface area contributed by atoms with E-state index in [1.165, 1.54) is 12.3 Å². The monoisotopic (exact) mass is 455 g/mol. The lowest BCUT2D eigenvalue weighted by Crippen LogP contribution is -2.05. The van der Waals surface area contributed by atoms with Crippen molar-refractivity contribution < 1.29 is 22.6 Å². The van der Waals surface area contributed by atoms with Gasteiger partial charge in [0.15, 0.2) is 11.5 Å². The van der Waals surface area contributed by atoms with E-state index in [-0.39, 0.29) is 11.5 Å². The second-order valence-corrected chi connectivity index (χ2v) is 7.27. The lowest BCUT2D eigenvalue weighted by atomic mass is 10.0. The number of hydrogen-bond donors (Lipinski definition) is 2. The topological polar surface area (TPSA) is 95.2 Å². The van der Waals surface area contributed by atoms with Crippen LogP contribution in [0.4, 0.5) is 30.6 Å². The van der Waals surface area contributed by atoms with Gasteiger partial charge in [-0.25, -0.2) is 4.98 Å². The first-order valence-electron chi connectivity index (χ1n) is 9.79. The number of ether oxygens (including phenoxy) is 2. The molecule has 0 amide bonds. The molecule has 0 saturated carbocycles. The van der Waals surface area contributed by atoms with Gasteiger partial charge in [0.2, 0.25) is 5.95 Å². The normalized spacial score (nSPS) is 11.5. The molecule has 2 aromatic carbocycles. The largest absolute Gasteiger partial charge is 0.493 e. The van der Waals surface area contributed by atoms with Gasteiger partial charge in [-0.1, -0.05) is 6.07 Å². The molecule has 0 aliphatic rings. The Morgan fingerprint density at radius 2 is 1.64 bits per heavy atom. The number of halogens is 3. The summed E-state index contributed by atoms with van der Waals surface area (Å²) in [5, 5.41) is 3.69. The van der Waals surface area contributed by atoms with Crippen LogP contribution in [0.5, 0.6) is 11.5 Å². The smallest absolute Gasteiger partial charge is 0.416 e. The predicted molar refractivity (Wildman–Crippen MR) is 120 cm³/mol. The summed E-state index contributed by atoms with van der Waals surface area (Å²) in [6.45, 7) is 1.91. The minimum absolute atomic E-state index is 0.0583. The van der Waals surface area contributed by atoms with Gasteiger partial charge in [0.1, 0.15) is 5.82 Å². The van der Waals surface area contributed by atoms with Crippen LogP contribution in [0.1, 0.15) is 11.1 Å². The SMILES string of the molecule is COc1cc(C)c(-c2cnc(N)nc2Nc2cnc3cc(C(F)(F)F)ccc3c2)cc1OC. The highest BCUT2D eigenvalue weighted by Gasteiger charge is 2.30. The average Bonchev–Trinajstić information content (AvgIpc) is 2.78. The summed E-state index contributed by atoms with van der Waals surface area (Å²) in [5.41, 5.74) is 8.15. The summed E-state index contributed by atoms with van der Waals surface area (Å²) in [5.74, 6) is 1.59. The van der Waals surface area contributed by atoms with Crippen molar-refractivity contribution >= 4 is 28.4 Å². The number of nitrogens with two attached hydrogens (primary N) is 1. The van der Waals surface area contributed by atoms with Crippen LogP contribution in [-0.4, -0.2) is 29.2 Å². The first-order chi connectivity index (χ1) is 15.7. The molecular formula is C23H20F3N5O2. The number of rotatable bonds is 5. The minimum atomic E-state index is -4.43. The van der Waals surface area contributed by atoms with E-state index in [0.29, 0.717) is 34.0 Å². The summed E-state index contributed by atoms with van der Waals surface area (Å²) < 4.78 is 49.7. The van der Waals surface area contributed by atoms with Gasteiger partial charge in [-0.2, -0.15) is 18.2 Å². The molecular weight excluding hydrogens is 435 g/mol. The molecule has 170 valence electrons. The zero-order valence-electron chi connectivity index (χ0n) is 18.0. The number of nitrogens with zero attached hydrogens (tertiary/aromatic N) is 3. The van der Waals surface area contributed by atoms with Gasteiger partial charge < -0.3 is 20.5 Å². The number of benzene rings is 2. The molecule has 10 heteroatoms. The Bertz CT molecular complexity index is 1340. The van der Waals surface area contributed by atoms with Crippen molar-refractivity contribution in [3.8, 4) is 22.6 Å². The van der Waals surface area contributed by atoms with E-state index >= 15 is 0 Å². The fourth-order valence-electron chi connectivity index (χ4n) is 3.46. The fourth-order valence-corrected chi connectivity index (χ4v) is 3.46. The Morgan fingerprint density at radius 1 is 0.909 bits per heavy atom. The van der Waals surface area contributed by atoms with E-state index < -0.39 is 11.7 Å². The number of nitrogens with one attached hydrogen (secondary N) is 1. The van der Waals surface area contributed by atoms with Gasteiger partial charge in [-0.05, 0) is 48.4 Å². The summed E-state index contributed by atoms with van der Waals surface area (Å²) in [7, 11) is 3.10. The van der Waals surface area contributed by atoms with Crippen molar-refractivity contribution in [3.63, 3.8) is 0 Å². The van der Waals surface area contributed by atoms with Gasteiger partial charge in [0.25, 0.3) is 0 Å². The molecule has 0 saturated heterocycles. The van der Waals surface area contributed by atoms with Crippen LogP contribution in [0.2, 0.25) is 0 Å². The third kappa shape index (κ3) is 4.45. The summed E-state index contributed by atoms with van der Waals surface area (Å²) >= 11 is 0. The highest BCUT2D eigenvalue weighted by Crippen LogP contribution is 2.38. The molecule has 33 heavy (non-hydrogen) atoms. The first kappa shape index (κ1) is 22.1. The average molecular weight is 455 g/mol. The number of hydrogen-bond acceptors (Lipinski definition) is 7. The molecule has 3 N–H and O–H groups in total. The van der Waals surface area contributed by atoms with Crippen LogP contribution >= 0.6 is 0 Å². The van der Waals surface area contributed by atoms with Crippen molar-refractivity contribution in [2.24, 2.45) is 0 Å². The summed E-state index contributed by atoms with van der Waals surface area (Å²) in [6.07, 6.45) is -1.41. The molecule has 0 atom stereocenters.